The zero-order valence-electron chi connectivity index (χ0n) is 13.5. The minimum Gasteiger partial charge on any atom is -0.317 e. The van der Waals surface area contributed by atoms with Gasteiger partial charge in [0.05, 0.1) is 16.8 Å². The smallest absolute Gasteiger partial charge is 0.317 e. The molecule has 1 aliphatic rings. The highest BCUT2D eigenvalue weighted by molar-refractivity contribution is 6.33. The number of likely N-dealkylation sites (tertiary alicyclic amines) is 1. The number of carbonyl (C=O) groups is 1. The fourth-order valence-corrected chi connectivity index (χ4v) is 3.34. The number of nitrogens with zero attached hydrogens (tertiary/aromatic N) is 1. The van der Waals surface area contributed by atoms with E-state index in [4.69, 9.17) is 11.6 Å². The number of nitrogens with one attached hydrogen (secondary N) is 1. The van der Waals surface area contributed by atoms with E-state index in [1.54, 1.807) is 0 Å². The Morgan fingerprint density at radius 1 is 1.13 bits per heavy atom. The summed E-state index contributed by atoms with van der Waals surface area (Å²) in [6.45, 7) is 4.82. The van der Waals surface area contributed by atoms with Crippen LogP contribution in [-0.2, 0) is 0 Å². The molecular formula is C19H21ClN2O. The predicted octanol–water partition coefficient (Wildman–Crippen LogP) is 5.33. The summed E-state index contributed by atoms with van der Waals surface area (Å²) in [5, 5.41) is 3.52. The van der Waals surface area contributed by atoms with E-state index in [9.17, 15) is 4.79 Å². The topological polar surface area (TPSA) is 32.3 Å². The van der Waals surface area contributed by atoms with Crippen LogP contribution in [0.3, 0.4) is 0 Å². The van der Waals surface area contributed by atoms with Crippen molar-refractivity contribution in [2.75, 3.05) is 11.9 Å². The van der Waals surface area contributed by atoms with Crippen LogP contribution in [0.25, 0.3) is 0 Å². The Bertz CT molecular complexity index is 712. The van der Waals surface area contributed by atoms with Crippen molar-refractivity contribution in [1.82, 2.24) is 4.90 Å². The van der Waals surface area contributed by atoms with Crippen LogP contribution in [0.5, 0.6) is 0 Å². The number of hydrogen-bond donors (Lipinski definition) is 1. The molecule has 2 aromatic carbocycles. The molecule has 1 aliphatic heterocycles. The highest BCUT2D eigenvalue weighted by atomic mass is 35.5. The third kappa shape index (κ3) is 3.50. The molecule has 2 amide bonds. The summed E-state index contributed by atoms with van der Waals surface area (Å²) in [5.41, 5.74) is 4.16. The van der Waals surface area contributed by atoms with Gasteiger partial charge in [-0.2, -0.15) is 0 Å². The summed E-state index contributed by atoms with van der Waals surface area (Å²) in [7, 11) is 0. The molecule has 0 saturated carbocycles. The van der Waals surface area contributed by atoms with Crippen molar-refractivity contribution < 1.29 is 4.79 Å². The van der Waals surface area contributed by atoms with E-state index in [-0.39, 0.29) is 12.1 Å². The summed E-state index contributed by atoms with van der Waals surface area (Å²) >= 11 is 6.22. The first-order valence-corrected chi connectivity index (χ1v) is 8.33. The summed E-state index contributed by atoms with van der Waals surface area (Å²) in [4.78, 5) is 14.6. The number of hydrogen-bond acceptors (Lipinski definition) is 1. The van der Waals surface area contributed by atoms with Crippen LogP contribution in [0.1, 0.15) is 35.6 Å². The molecule has 3 nitrogen and oxygen atoms in total. The molecule has 0 bridgehead atoms. The first-order valence-electron chi connectivity index (χ1n) is 7.95. The van der Waals surface area contributed by atoms with Crippen molar-refractivity contribution in [3.63, 3.8) is 0 Å². The average molecular weight is 329 g/mol. The lowest BCUT2D eigenvalue weighted by Crippen LogP contribution is -2.34. The second kappa shape index (κ2) is 6.63. The van der Waals surface area contributed by atoms with Crippen molar-refractivity contribution in [3.05, 3.63) is 64.2 Å². The van der Waals surface area contributed by atoms with Gasteiger partial charge in [-0.05, 0) is 49.9 Å². The molecule has 0 aromatic heterocycles. The maximum absolute atomic E-state index is 12.7. The highest BCUT2D eigenvalue weighted by Crippen LogP contribution is 2.33. The molecule has 2 aromatic rings. The van der Waals surface area contributed by atoms with Gasteiger partial charge in [-0.15, -0.1) is 0 Å². The Morgan fingerprint density at radius 3 is 2.52 bits per heavy atom. The van der Waals surface area contributed by atoms with E-state index in [1.165, 1.54) is 11.1 Å². The number of halogens is 1. The number of amides is 2. The second-order valence-corrected chi connectivity index (χ2v) is 6.58. The molecule has 0 radical (unpaired) electrons. The van der Waals surface area contributed by atoms with E-state index >= 15 is 0 Å². The van der Waals surface area contributed by atoms with Crippen molar-refractivity contribution >= 4 is 23.3 Å². The number of anilines is 1. The second-order valence-electron chi connectivity index (χ2n) is 6.18. The molecular weight excluding hydrogens is 308 g/mol. The van der Waals surface area contributed by atoms with Crippen LogP contribution in [0.2, 0.25) is 5.02 Å². The Hall–Kier alpha value is -2.00. The van der Waals surface area contributed by atoms with Gasteiger partial charge in [0.25, 0.3) is 0 Å². The van der Waals surface area contributed by atoms with Crippen LogP contribution in [0.15, 0.2) is 42.5 Å². The van der Waals surface area contributed by atoms with Gasteiger partial charge in [-0.3, -0.25) is 0 Å². The molecule has 1 fully saturated rings. The standard InChI is InChI=1S/C19H21ClN2O/c1-13-5-8-15(9-6-13)18-4-3-11-22(18)19(23)21-17-10-7-14(2)12-16(17)20/h5-10,12,18H,3-4,11H2,1-2H3,(H,21,23)/t18-/m1/s1. The van der Waals surface area contributed by atoms with Gasteiger partial charge in [0.15, 0.2) is 0 Å². The monoisotopic (exact) mass is 328 g/mol. The van der Waals surface area contributed by atoms with Gasteiger partial charge in [-0.25, -0.2) is 4.79 Å². The Kier molecular flexibility index (Phi) is 4.58. The van der Waals surface area contributed by atoms with Gasteiger partial charge in [-0.1, -0.05) is 47.5 Å². The molecule has 1 atom stereocenters. The third-order valence-electron chi connectivity index (χ3n) is 4.34. The van der Waals surface area contributed by atoms with Crippen LogP contribution in [-0.4, -0.2) is 17.5 Å². The first-order chi connectivity index (χ1) is 11.0. The van der Waals surface area contributed by atoms with Crippen LogP contribution in [0, 0.1) is 13.8 Å². The largest absolute Gasteiger partial charge is 0.322 e. The van der Waals surface area contributed by atoms with Gasteiger partial charge < -0.3 is 10.2 Å². The van der Waals surface area contributed by atoms with Crippen molar-refractivity contribution in [2.24, 2.45) is 0 Å². The normalized spacial score (nSPS) is 17.3. The molecule has 3 rings (SSSR count). The Labute approximate surface area is 142 Å². The Balaban J connectivity index is 1.76. The molecule has 1 heterocycles. The molecule has 0 unspecified atom stereocenters. The fourth-order valence-electron chi connectivity index (χ4n) is 3.05. The minimum absolute atomic E-state index is 0.0844. The molecule has 1 saturated heterocycles. The summed E-state index contributed by atoms with van der Waals surface area (Å²) < 4.78 is 0. The number of benzene rings is 2. The van der Waals surface area contributed by atoms with Crippen LogP contribution >= 0.6 is 11.6 Å². The fraction of sp³-hybridized carbons (Fsp3) is 0.316. The lowest BCUT2D eigenvalue weighted by atomic mass is 10.0. The number of aryl methyl sites for hydroxylation is 2. The quantitative estimate of drug-likeness (QED) is 0.794. The van der Waals surface area contributed by atoms with Crippen molar-refractivity contribution in [1.29, 1.82) is 0 Å². The number of carbonyl (C=O) groups excluding carboxylic acids is 1. The first kappa shape index (κ1) is 15.9. The van der Waals surface area contributed by atoms with Crippen LogP contribution < -0.4 is 5.32 Å². The zero-order chi connectivity index (χ0) is 16.4. The van der Waals surface area contributed by atoms with Crippen LogP contribution in [0.4, 0.5) is 10.5 Å². The lowest BCUT2D eigenvalue weighted by molar-refractivity contribution is 0.207. The maximum atomic E-state index is 12.7. The van der Waals surface area contributed by atoms with E-state index < -0.39 is 0 Å². The van der Waals surface area contributed by atoms with Gasteiger partial charge >= 0.3 is 6.03 Å². The van der Waals surface area contributed by atoms with Crippen molar-refractivity contribution in [2.45, 2.75) is 32.7 Å². The Morgan fingerprint density at radius 2 is 1.83 bits per heavy atom. The highest BCUT2D eigenvalue weighted by Gasteiger charge is 2.30. The van der Waals surface area contributed by atoms with Gasteiger partial charge in [0.1, 0.15) is 0 Å². The molecule has 4 heteroatoms. The SMILES string of the molecule is Cc1ccc([C@H]2CCCN2C(=O)Nc2ccc(C)cc2Cl)cc1. The molecule has 0 aliphatic carbocycles. The van der Waals surface area contributed by atoms with E-state index in [0.29, 0.717) is 10.7 Å². The number of urea groups is 1. The maximum Gasteiger partial charge on any atom is 0.322 e. The van der Waals surface area contributed by atoms with E-state index in [2.05, 4.69) is 36.5 Å². The van der Waals surface area contributed by atoms with E-state index in [1.807, 2.05) is 30.0 Å². The zero-order valence-corrected chi connectivity index (χ0v) is 14.2. The van der Waals surface area contributed by atoms with Gasteiger partial charge in [0.2, 0.25) is 0 Å². The lowest BCUT2D eigenvalue weighted by Gasteiger charge is -2.25. The molecule has 1 N–H and O–H groups in total. The summed E-state index contributed by atoms with van der Waals surface area (Å²) in [5.74, 6) is 0. The molecule has 120 valence electrons. The average Bonchev–Trinajstić information content (AvgIpc) is 3.00. The van der Waals surface area contributed by atoms with E-state index in [0.717, 1.165) is 24.9 Å². The van der Waals surface area contributed by atoms with Gasteiger partial charge in [0, 0.05) is 6.54 Å². The molecule has 23 heavy (non-hydrogen) atoms. The minimum atomic E-state index is -0.0844. The third-order valence-corrected chi connectivity index (χ3v) is 4.65. The summed E-state index contributed by atoms with van der Waals surface area (Å²) in [6.07, 6.45) is 2.02. The summed E-state index contributed by atoms with van der Waals surface area (Å²) in [6, 6.07) is 14.1. The number of rotatable bonds is 2. The molecule has 0 spiro atoms. The van der Waals surface area contributed by atoms with Crippen molar-refractivity contribution in [3.8, 4) is 0 Å². The predicted molar refractivity (Wildman–Crippen MR) is 95.1 cm³/mol.